The molecule has 19 heavy (non-hydrogen) atoms. The lowest BCUT2D eigenvalue weighted by molar-refractivity contribution is -0.137. The number of nitrogens with one attached hydrogen (secondary N) is 1. The van der Waals surface area contributed by atoms with Crippen LogP contribution in [0.25, 0.3) is 0 Å². The van der Waals surface area contributed by atoms with Gasteiger partial charge in [0.2, 0.25) is 0 Å². The third kappa shape index (κ3) is 4.09. The number of pyridine rings is 1. The van der Waals surface area contributed by atoms with Crippen LogP contribution in [-0.2, 0) is 6.18 Å². The molecule has 0 saturated heterocycles. The van der Waals surface area contributed by atoms with Gasteiger partial charge in [-0.1, -0.05) is 19.3 Å². The lowest BCUT2D eigenvalue weighted by Gasteiger charge is -2.23. The Balaban J connectivity index is 2.06. The normalized spacial score (nSPS) is 17.5. The molecule has 1 aromatic rings. The first-order valence-corrected chi connectivity index (χ1v) is 7.23. The summed E-state index contributed by atoms with van der Waals surface area (Å²) >= 11 is 3.03. The summed E-state index contributed by atoms with van der Waals surface area (Å²) in [5, 5.41) is 2.86. The second-order valence-corrected chi connectivity index (χ2v) is 5.85. The molecule has 1 aliphatic carbocycles. The molecular formula is C13H16BrF3N2. The van der Waals surface area contributed by atoms with E-state index in [4.69, 9.17) is 0 Å². The van der Waals surface area contributed by atoms with Crippen molar-refractivity contribution in [2.24, 2.45) is 5.92 Å². The van der Waals surface area contributed by atoms with Gasteiger partial charge in [-0.15, -0.1) is 0 Å². The highest BCUT2D eigenvalue weighted by molar-refractivity contribution is 9.10. The maximum atomic E-state index is 12.9. The minimum Gasteiger partial charge on any atom is -0.369 e. The van der Waals surface area contributed by atoms with E-state index in [1.165, 1.54) is 25.5 Å². The number of rotatable bonds is 3. The van der Waals surface area contributed by atoms with Crippen LogP contribution < -0.4 is 5.32 Å². The largest absolute Gasteiger partial charge is 0.419 e. The van der Waals surface area contributed by atoms with Crippen LogP contribution in [0, 0.1) is 5.92 Å². The van der Waals surface area contributed by atoms with Gasteiger partial charge in [0.05, 0.1) is 5.56 Å². The van der Waals surface area contributed by atoms with E-state index >= 15 is 0 Å². The van der Waals surface area contributed by atoms with Crippen LogP contribution in [0.4, 0.5) is 19.0 Å². The monoisotopic (exact) mass is 336 g/mol. The molecule has 6 heteroatoms. The Morgan fingerprint density at radius 3 is 2.58 bits per heavy atom. The average Bonchev–Trinajstić information content (AvgIpc) is 2.37. The highest BCUT2D eigenvalue weighted by Gasteiger charge is 2.34. The standard InChI is InChI=1S/C13H16BrF3N2/c14-10-6-11(13(15,16)17)12(19-8-10)18-7-9-4-2-1-3-5-9/h6,8-9H,1-5,7H2,(H,18,19). The molecule has 1 heterocycles. The number of halogens is 4. The fraction of sp³-hybridized carbons (Fsp3) is 0.615. The smallest absolute Gasteiger partial charge is 0.369 e. The number of anilines is 1. The average molecular weight is 337 g/mol. The molecule has 0 bridgehead atoms. The van der Waals surface area contributed by atoms with Gasteiger partial charge in [-0.25, -0.2) is 4.98 Å². The third-order valence-electron chi connectivity index (χ3n) is 3.44. The van der Waals surface area contributed by atoms with E-state index < -0.39 is 11.7 Å². The quantitative estimate of drug-likeness (QED) is 0.852. The molecule has 0 atom stereocenters. The summed E-state index contributed by atoms with van der Waals surface area (Å²) in [6.45, 7) is 0.567. The molecule has 1 fully saturated rings. The van der Waals surface area contributed by atoms with Crippen molar-refractivity contribution in [1.29, 1.82) is 0 Å². The van der Waals surface area contributed by atoms with Crippen molar-refractivity contribution >= 4 is 21.7 Å². The van der Waals surface area contributed by atoms with Crippen LogP contribution >= 0.6 is 15.9 Å². The summed E-state index contributed by atoms with van der Waals surface area (Å²) in [5.74, 6) is 0.390. The van der Waals surface area contributed by atoms with Crippen LogP contribution in [-0.4, -0.2) is 11.5 Å². The number of alkyl halides is 3. The van der Waals surface area contributed by atoms with Crippen molar-refractivity contribution in [2.45, 2.75) is 38.3 Å². The van der Waals surface area contributed by atoms with Crippen LogP contribution in [0.1, 0.15) is 37.7 Å². The molecule has 106 valence electrons. The van der Waals surface area contributed by atoms with Crippen LogP contribution in [0.15, 0.2) is 16.7 Å². The summed E-state index contributed by atoms with van der Waals surface area (Å²) in [5.41, 5.74) is -0.710. The minimum absolute atomic E-state index is 0.0683. The Hall–Kier alpha value is -0.780. The van der Waals surface area contributed by atoms with Crippen LogP contribution in [0.5, 0.6) is 0 Å². The predicted molar refractivity (Wildman–Crippen MR) is 72.0 cm³/mol. The van der Waals surface area contributed by atoms with Crippen molar-refractivity contribution in [3.8, 4) is 0 Å². The molecular weight excluding hydrogens is 321 g/mol. The van der Waals surface area contributed by atoms with E-state index in [2.05, 4.69) is 26.2 Å². The van der Waals surface area contributed by atoms with E-state index in [1.807, 2.05) is 0 Å². The molecule has 1 aromatic heterocycles. The van der Waals surface area contributed by atoms with Gasteiger partial charge in [0.15, 0.2) is 0 Å². The van der Waals surface area contributed by atoms with Gasteiger partial charge in [-0.3, -0.25) is 0 Å². The zero-order valence-corrected chi connectivity index (χ0v) is 12.0. The van der Waals surface area contributed by atoms with Crippen LogP contribution in [0.2, 0.25) is 0 Å². The van der Waals surface area contributed by atoms with Crippen molar-refractivity contribution in [1.82, 2.24) is 4.98 Å². The van der Waals surface area contributed by atoms with Gasteiger partial charge in [0.1, 0.15) is 5.82 Å². The Morgan fingerprint density at radius 2 is 1.95 bits per heavy atom. The van der Waals surface area contributed by atoms with Gasteiger partial charge in [0, 0.05) is 17.2 Å². The Morgan fingerprint density at radius 1 is 1.26 bits per heavy atom. The third-order valence-corrected chi connectivity index (χ3v) is 3.88. The number of aromatic nitrogens is 1. The Labute approximate surface area is 118 Å². The molecule has 0 amide bonds. The molecule has 1 saturated carbocycles. The van der Waals surface area contributed by atoms with Gasteiger partial charge in [-0.2, -0.15) is 13.2 Å². The van der Waals surface area contributed by atoms with E-state index in [0.29, 0.717) is 16.9 Å². The summed E-state index contributed by atoms with van der Waals surface area (Å²) in [7, 11) is 0. The second-order valence-electron chi connectivity index (χ2n) is 4.93. The molecule has 0 spiro atoms. The fourth-order valence-corrected chi connectivity index (χ4v) is 2.76. The second kappa shape index (κ2) is 6.11. The molecule has 2 rings (SSSR count). The van der Waals surface area contributed by atoms with Crippen molar-refractivity contribution < 1.29 is 13.2 Å². The lowest BCUT2D eigenvalue weighted by Crippen LogP contribution is -2.20. The van der Waals surface area contributed by atoms with E-state index in [-0.39, 0.29) is 5.82 Å². The summed E-state index contributed by atoms with van der Waals surface area (Å²) < 4.78 is 39.0. The molecule has 0 radical (unpaired) electrons. The maximum Gasteiger partial charge on any atom is 0.419 e. The zero-order chi connectivity index (χ0) is 13.9. The molecule has 0 aliphatic heterocycles. The van der Waals surface area contributed by atoms with Crippen LogP contribution in [0.3, 0.4) is 0 Å². The summed E-state index contributed by atoms with van der Waals surface area (Å²) in [6, 6.07) is 1.07. The first-order valence-electron chi connectivity index (χ1n) is 6.43. The highest BCUT2D eigenvalue weighted by atomic mass is 79.9. The minimum atomic E-state index is -4.38. The first kappa shape index (κ1) is 14.6. The predicted octanol–water partition coefficient (Wildman–Crippen LogP) is 4.86. The highest BCUT2D eigenvalue weighted by Crippen LogP contribution is 2.35. The zero-order valence-electron chi connectivity index (χ0n) is 10.4. The van der Waals surface area contributed by atoms with E-state index in [1.54, 1.807) is 0 Å². The molecule has 0 unspecified atom stereocenters. The maximum absolute atomic E-state index is 12.9. The van der Waals surface area contributed by atoms with Gasteiger partial charge in [0.25, 0.3) is 0 Å². The van der Waals surface area contributed by atoms with Gasteiger partial charge < -0.3 is 5.32 Å². The summed E-state index contributed by atoms with van der Waals surface area (Å²) in [6.07, 6.45) is 2.76. The molecule has 0 aromatic carbocycles. The van der Waals surface area contributed by atoms with Crippen molar-refractivity contribution in [3.63, 3.8) is 0 Å². The summed E-state index contributed by atoms with van der Waals surface area (Å²) in [4.78, 5) is 3.85. The SMILES string of the molecule is FC(F)(F)c1cc(Br)cnc1NCC1CCCCC1. The van der Waals surface area contributed by atoms with Gasteiger partial charge in [-0.05, 0) is 40.8 Å². The Kier molecular flexibility index (Phi) is 4.71. The topological polar surface area (TPSA) is 24.9 Å². The first-order chi connectivity index (χ1) is 8.97. The molecule has 2 nitrogen and oxygen atoms in total. The molecule has 1 N–H and O–H groups in total. The Bertz CT molecular complexity index is 428. The van der Waals surface area contributed by atoms with Crippen molar-refractivity contribution in [2.75, 3.05) is 11.9 Å². The lowest BCUT2D eigenvalue weighted by atomic mass is 9.89. The number of nitrogens with zero attached hydrogens (tertiary/aromatic N) is 1. The number of hydrogen-bond acceptors (Lipinski definition) is 2. The van der Waals surface area contributed by atoms with Gasteiger partial charge >= 0.3 is 6.18 Å². The molecule has 1 aliphatic rings. The fourth-order valence-electron chi connectivity index (χ4n) is 2.43. The van der Waals surface area contributed by atoms with E-state index in [9.17, 15) is 13.2 Å². The number of hydrogen-bond donors (Lipinski definition) is 1. The van der Waals surface area contributed by atoms with Crippen molar-refractivity contribution in [3.05, 3.63) is 22.3 Å². The van der Waals surface area contributed by atoms with E-state index in [0.717, 1.165) is 18.9 Å².